The van der Waals surface area contributed by atoms with Crippen LogP contribution in [0.2, 0.25) is 0 Å². The Balaban J connectivity index is 3.13. The number of rotatable bonds is 4. The lowest BCUT2D eigenvalue weighted by Crippen LogP contribution is -2.31. The first-order valence-electron chi connectivity index (χ1n) is 5.52. The Morgan fingerprint density at radius 3 is 2.60 bits per heavy atom. The van der Waals surface area contributed by atoms with Crippen LogP contribution in [0.25, 0.3) is 0 Å². The first-order chi connectivity index (χ1) is 7.10. The van der Waals surface area contributed by atoms with Crippen molar-refractivity contribution >= 4 is 5.69 Å². The average molecular weight is 207 g/mol. The monoisotopic (exact) mass is 207 g/mol. The molecule has 0 spiro atoms. The van der Waals surface area contributed by atoms with Gasteiger partial charge >= 0.3 is 0 Å². The molecule has 0 bridgehead atoms. The van der Waals surface area contributed by atoms with Gasteiger partial charge in [-0.2, -0.15) is 0 Å². The maximum Gasteiger partial charge on any atom is 0.0447 e. The molecule has 0 saturated carbocycles. The Labute approximate surface area is 92.3 Å². The first-order valence-corrected chi connectivity index (χ1v) is 5.52. The summed E-state index contributed by atoms with van der Waals surface area (Å²) in [6, 6.07) is 2.60. The van der Waals surface area contributed by atoms with E-state index in [0.717, 1.165) is 17.8 Å². The lowest BCUT2D eigenvalue weighted by molar-refractivity contribution is 0.698. The molecule has 3 nitrogen and oxygen atoms in total. The second kappa shape index (κ2) is 5.12. The predicted molar refractivity (Wildman–Crippen MR) is 65.0 cm³/mol. The molecule has 84 valence electrons. The van der Waals surface area contributed by atoms with Crippen molar-refractivity contribution in [1.29, 1.82) is 0 Å². The molecule has 0 aliphatic heterocycles. The van der Waals surface area contributed by atoms with E-state index in [9.17, 15) is 0 Å². The summed E-state index contributed by atoms with van der Waals surface area (Å²) in [4.78, 5) is 6.62. The van der Waals surface area contributed by atoms with Gasteiger partial charge in [0.25, 0.3) is 0 Å². The fourth-order valence-corrected chi connectivity index (χ4v) is 1.81. The minimum atomic E-state index is 0.488. The Hall–Kier alpha value is -1.09. The molecule has 0 fully saturated rings. The summed E-state index contributed by atoms with van der Waals surface area (Å²) in [5, 5.41) is 0. The fraction of sp³-hybridized carbons (Fsp3) is 0.583. The van der Waals surface area contributed by atoms with Crippen molar-refractivity contribution in [3.8, 4) is 0 Å². The Morgan fingerprint density at radius 1 is 1.47 bits per heavy atom. The van der Waals surface area contributed by atoms with Gasteiger partial charge < -0.3 is 10.6 Å². The number of hydrogen-bond acceptors (Lipinski definition) is 3. The molecule has 0 atom stereocenters. The molecule has 0 aliphatic rings. The van der Waals surface area contributed by atoms with E-state index in [2.05, 4.69) is 36.7 Å². The lowest BCUT2D eigenvalue weighted by atomic mass is 10.1. The standard InChI is InChI=1S/C12H21N3/c1-5-15(9(2)3)12-6-10(4)14-8-11(12)7-13/h6,8-9H,5,7,13H2,1-4H3. The largest absolute Gasteiger partial charge is 0.369 e. The molecule has 1 aromatic heterocycles. The van der Waals surface area contributed by atoms with E-state index < -0.39 is 0 Å². The molecule has 0 saturated heterocycles. The van der Waals surface area contributed by atoms with Gasteiger partial charge in [0, 0.05) is 42.3 Å². The van der Waals surface area contributed by atoms with Crippen LogP contribution < -0.4 is 10.6 Å². The maximum atomic E-state index is 5.73. The molecule has 1 rings (SSSR count). The van der Waals surface area contributed by atoms with Gasteiger partial charge in [-0.3, -0.25) is 4.98 Å². The zero-order chi connectivity index (χ0) is 11.4. The van der Waals surface area contributed by atoms with Crippen LogP contribution in [0.5, 0.6) is 0 Å². The molecular formula is C12H21N3. The van der Waals surface area contributed by atoms with E-state index in [4.69, 9.17) is 5.73 Å². The smallest absolute Gasteiger partial charge is 0.0447 e. The molecule has 0 amide bonds. The normalized spacial score (nSPS) is 10.8. The lowest BCUT2D eigenvalue weighted by Gasteiger charge is -2.29. The third-order valence-corrected chi connectivity index (χ3v) is 2.59. The number of nitrogens with zero attached hydrogens (tertiary/aromatic N) is 2. The van der Waals surface area contributed by atoms with Crippen LogP contribution in [0.1, 0.15) is 32.0 Å². The average Bonchev–Trinajstić information content (AvgIpc) is 2.18. The van der Waals surface area contributed by atoms with Gasteiger partial charge in [-0.1, -0.05) is 0 Å². The molecule has 0 unspecified atom stereocenters. The molecule has 0 aliphatic carbocycles. The predicted octanol–water partition coefficient (Wildman–Crippen LogP) is 2.08. The minimum absolute atomic E-state index is 0.488. The molecule has 2 N–H and O–H groups in total. The number of hydrogen-bond donors (Lipinski definition) is 1. The molecule has 1 aromatic rings. The molecular weight excluding hydrogens is 186 g/mol. The Morgan fingerprint density at radius 2 is 2.13 bits per heavy atom. The summed E-state index contributed by atoms with van der Waals surface area (Å²) in [5.41, 5.74) is 9.12. The van der Waals surface area contributed by atoms with E-state index in [-0.39, 0.29) is 0 Å². The van der Waals surface area contributed by atoms with Crippen molar-refractivity contribution in [1.82, 2.24) is 4.98 Å². The number of nitrogens with two attached hydrogens (primary N) is 1. The first kappa shape index (κ1) is 12.0. The summed E-state index contributed by atoms with van der Waals surface area (Å²) in [7, 11) is 0. The van der Waals surface area contributed by atoms with Gasteiger partial charge in [0.05, 0.1) is 0 Å². The van der Waals surface area contributed by atoms with Crippen molar-refractivity contribution in [3.63, 3.8) is 0 Å². The number of aromatic nitrogens is 1. The summed E-state index contributed by atoms with van der Waals surface area (Å²) < 4.78 is 0. The fourth-order valence-electron chi connectivity index (χ4n) is 1.81. The molecule has 15 heavy (non-hydrogen) atoms. The second-order valence-electron chi connectivity index (χ2n) is 4.04. The van der Waals surface area contributed by atoms with Crippen LogP contribution in [-0.2, 0) is 6.54 Å². The van der Waals surface area contributed by atoms with Gasteiger partial charge in [0.1, 0.15) is 0 Å². The van der Waals surface area contributed by atoms with E-state index >= 15 is 0 Å². The quantitative estimate of drug-likeness (QED) is 0.822. The highest BCUT2D eigenvalue weighted by Gasteiger charge is 2.12. The van der Waals surface area contributed by atoms with Crippen LogP contribution in [0.3, 0.4) is 0 Å². The summed E-state index contributed by atoms with van der Waals surface area (Å²) in [6.45, 7) is 10.1. The summed E-state index contributed by atoms with van der Waals surface area (Å²) in [6.07, 6.45) is 1.88. The highest BCUT2D eigenvalue weighted by atomic mass is 15.1. The molecule has 0 aromatic carbocycles. The third-order valence-electron chi connectivity index (χ3n) is 2.59. The maximum absolute atomic E-state index is 5.73. The van der Waals surface area contributed by atoms with Crippen molar-refractivity contribution in [2.75, 3.05) is 11.4 Å². The highest BCUT2D eigenvalue weighted by molar-refractivity contribution is 5.54. The van der Waals surface area contributed by atoms with Gasteiger partial charge in [0.15, 0.2) is 0 Å². The van der Waals surface area contributed by atoms with E-state index in [0.29, 0.717) is 12.6 Å². The van der Waals surface area contributed by atoms with E-state index in [1.165, 1.54) is 5.69 Å². The van der Waals surface area contributed by atoms with Gasteiger partial charge in [0.2, 0.25) is 0 Å². The molecule has 1 heterocycles. The van der Waals surface area contributed by atoms with Gasteiger partial charge in [-0.25, -0.2) is 0 Å². The van der Waals surface area contributed by atoms with Crippen molar-refractivity contribution in [2.24, 2.45) is 5.73 Å². The second-order valence-corrected chi connectivity index (χ2v) is 4.04. The summed E-state index contributed by atoms with van der Waals surface area (Å²) in [5.74, 6) is 0. The van der Waals surface area contributed by atoms with Crippen molar-refractivity contribution in [2.45, 2.75) is 40.3 Å². The van der Waals surface area contributed by atoms with Crippen LogP contribution >= 0.6 is 0 Å². The zero-order valence-electron chi connectivity index (χ0n) is 10.1. The highest BCUT2D eigenvalue weighted by Crippen LogP contribution is 2.22. The van der Waals surface area contributed by atoms with Crippen LogP contribution in [0.15, 0.2) is 12.3 Å². The Kier molecular flexibility index (Phi) is 4.09. The number of pyridine rings is 1. The van der Waals surface area contributed by atoms with Crippen molar-refractivity contribution in [3.05, 3.63) is 23.5 Å². The van der Waals surface area contributed by atoms with Crippen LogP contribution in [0, 0.1) is 6.92 Å². The van der Waals surface area contributed by atoms with Crippen LogP contribution in [-0.4, -0.2) is 17.6 Å². The third kappa shape index (κ3) is 2.69. The number of aryl methyl sites for hydroxylation is 1. The molecule has 0 radical (unpaired) electrons. The van der Waals surface area contributed by atoms with Crippen LogP contribution in [0.4, 0.5) is 5.69 Å². The van der Waals surface area contributed by atoms with Crippen molar-refractivity contribution < 1.29 is 0 Å². The topological polar surface area (TPSA) is 42.2 Å². The minimum Gasteiger partial charge on any atom is -0.369 e. The van der Waals surface area contributed by atoms with E-state index in [1.807, 2.05) is 13.1 Å². The number of anilines is 1. The Bertz CT molecular complexity index is 321. The SMILES string of the molecule is CCN(c1cc(C)ncc1CN)C(C)C. The van der Waals surface area contributed by atoms with E-state index in [1.54, 1.807) is 0 Å². The van der Waals surface area contributed by atoms with Gasteiger partial charge in [-0.05, 0) is 33.8 Å². The molecule has 3 heteroatoms. The zero-order valence-corrected chi connectivity index (χ0v) is 10.1. The summed E-state index contributed by atoms with van der Waals surface area (Å²) >= 11 is 0. The van der Waals surface area contributed by atoms with Gasteiger partial charge in [-0.15, -0.1) is 0 Å².